The quantitative estimate of drug-likeness (QED) is 0.652. The number of alkyl halides is 3. The molecule has 27 heavy (non-hydrogen) atoms. The van der Waals surface area contributed by atoms with Crippen molar-refractivity contribution in [2.45, 2.75) is 6.18 Å². The van der Waals surface area contributed by atoms with Crippen molar-refractivity contribution in [1.29, 1.82) is 0 Å². The van der Waals surface area contributed by atoms with Crippen LogP contribution >= 0.6 is 0 Å². The van der Waals surface area contributed by atoms with E-state index in [1.54, 1.807) is 0 Å². The van der Waals surface area contributed by atoms with E-state index in [1.807, 2.05) is 0 Å². The van der Waals surface area contributed by atoms with Crippen LogP contribution in [0.2, 0.25) is 0 Å². The van der Waals surface area contributed by atoms with Gasteiger partial charge in [-0.25, -0.2) is 4.39 Å². The van der Waals surface area contributed by atoms with E-state index in [0.29, 0.717) is 0 Å². The first-order chi connectivity index (χ1) is 12.8. The lowest BCUT2D eigenvalue weighted by Crippen LogP contribution is -2.15. The van der Waals surface area contributed by atoms with Crippen LogP contribution < -0.4 is 10.6 Å². The van der Waals surface area contributed by atoms with Crippen LogP contribution in [-0.4, -0.2) is 16.1 Å². The molecule has 0 saturated heterocycles. The predicted molar refractivity (Wildman–Crippen MR) is 91.1 cm³/mol. The number of amides is 1. The van der Waals surface area contributed by atoms with E-state index < -0.39 is 23.5 Å². The van der Waals surface area contributed by atoms with Gasteiger partial charge in [0.15, 0.2) is 11.5 Å². The molecule has 138 valence electrons. The number of carbonyl (C=O) groups is 1. The summed E-state index contributed by atoms with van der Waals surface area (Å²) in [6, 6.07) is 12.8. The number of nitrogens with zero attached hydrogens (tertiary/aromatic N) is 2. The number of hydrogen-bond donors (Lipinski definition) is 2. The molecule has 1 heterocycles. The molecular formula is C18H12F4N4O. The van der Waals surface area contributed by atoms with Gasteiger partial charge in [-0.3, -0.25) is 4.79 Å². The highest BCUT2D eigenvalue weighted by Crippen LogP contribution is 2.35. The highest BCUT2D eigenvalue weighted by atomic mass is 19.4. The average molecular weight is 376 g/mol. The Hall–Kier alpha value is -3.49. The predicted octanol–water partition coefficient (Wildman–Crippen LogP) is 4.63. The second-order valence-corrected chi connectivity index (χ2v) is 5.44. The zero-order chi connectivity index (χ0) is 19.4. The lowest BCUT2D eigenvalue weighted by atomic mass is 10.1. The summed E-state index contributed by atoms with van der Waals surface area (Å²) in [5.41, 5.74) is -0.868. The largest absolute Gasteiger partial charge is 0.418 e. The minimum absolute atomic E-state index is 0.0361. The van der Waals surface area contributed by atoms with Crippen LogP contribution in [0.4, 0.5) is 34.8 Å². The van der Waals surface area contributed by atoms with Gasteiger partial charge in [0.25, 0.3) is 5.91 Å². The van der Waals surface area contributed by atoms with E-state index in [1.165, 1.54) is 48.5 Å². The maximum absolute atomic E-state index is 13.1. The fourth-order valence-electron chi connectivity index (χ4n) is 2.26. The fourth-order valence-corrected chi connectivity index (χ4v) is 2.26. The average Bonchev–Trinajstić information content (AvgIpc) is 2.62. The van der Waals surface area contributed by atoms with Crippen LogP contribution in [0.3, 0.4) is 0 Å². The SMILES string of the molecule is O=C(Nc1cccc(F)c1)c1ccc(Nc2ccccc2C(F)(F)F)nn1. The van der Waals surface area contributed by atoms with Crippen molar-refractivity contribution in [1.82, 2.24) is 10.2 Å². The summed E-state index contributed by atoms with van der Waals surface area (Å²) in [4.78, 5) is 12.1. The number of anilines is 3. The summed E-state index contributed by atoms with van der Waals surface area (Å²) < 4.78 is 52.1. The number of hydrogen-bond acceptors (Lipinski definition) is 4. The number of carbonyl (C=O) groups excluding carboxylic acids is 1. The monoisotopic (exact) mass is 376 g/mol. The molecule has 0 aliphatic carbocycles. The molecule has 3 aromatic rings. The Kier molecular flexibility index (Phi) is 5.02. The van der Waals surface area contributed by atoms with Crippen molar-refractivity contribution in [3.8, 4) is 0 Å². The van der Waals surface area contributed by atoms with Crippen LogP contribution in [0.5, 0.6) is 0 Å². The fraction of sp³-hybridized carbons (Fsp3) is 0.0556. The maximum Gasteiger partial charge on any atom is 0.418 e. The van der Waals surface area contributed by atoms with Gasteiger partial charge < -0.3 is 10.6 Å². The van der Waals surface area contributed by atoms with Crippen molar-refractivity contribution in [2.24, 2.45) is 0 Å². The first-order valence-corrected chi connectivity index (χ1v) is 7.67. The molecule has 0 aliphatic rings. The second-order valence-electron chi connectivity index (χ2n) is 5.44. The van der Waals surface area contributed by atoms with E-state index in [9.17, 15) is 22.4 Å². The van der Waals surface area contributed by atoms with Gasteiger partial charge in [0.2, 0.25) is 0 Å². The van der Waals surface area contributed by atoms with E-state index in [0.717, 1.165) is 12.1 Å². The molecule has 0 unspecified atom stereocenters. The van der Waals surface area contributed by atoms with Gasteiger partial charge >= 0.3 is 6.18 Å². The normalized spacial score (nSPS) is 11.1. The van der Waals surface area contributed by atoms with Crippen molar-refractivity contribution >= 4 is 23.1 Å². The van der Waals surface area contributed by atoms with E-state index in [2.05, 4.69) is 20.8 Å². The first kappa shape index (κ1) is 18.3. The zero-order valence-electron chi connectivity index (χ0n) is 13.6. The molecular weight excluding hydrogens is 364 g/mol. The van der Waals surface area contributed by atoms with Gasteiger partial charge in [-0.2, -0.15) is 13.2 Å². The number of benzene rings is 2. The van der Waals surface area contributed by atoms with Crippen LogP contribution in [0.15, 0.2) is 60.7 Å². The third-order valence-electron chi connectivity index (χ3n) is 3.47. The highest BCUT2D eigenvalue weighted by molar-refractivity contribution is 6.02. The molecule has 0 atom stereocenters. The van der Waals surface area contributed by atoms with Gasteiger partial charge in [0.05, 0.1) is 11.3 Å². The summed E-state index contributed by atoms with van der Waals surface area (Å²) in [5.74, 6) is -1.11. The number of rotatable bonds is 4. The number of halogens is 4. The highest BCUT2D eigenvalue weighted by Gasteiger charge is 2.33. The van der Waals surface area contributed by atoms with Gasteiger partial charge in [-0.15, -0.1) is 10.2 Å². The lowest BCUT2D eigenvalue weighted by molar-refractivity contribution is -0.136. The molecule has 2 N–H and O–H groups in total. The van der Waals surface area contributed by atoms with E-state index >= 15 is 0 Å². The van der Waals surface area contributed by atoms with Crippen LogP contribution in [0.25, 0.3) is 0 Å². The molecule has 0 saturated carbocycles. The Morgan fingerprint density at radius 1 is 0.926 bits per heavy atom. The molecule has 0 spiro atoms. The van der Waals surface area contributed by atoms with Gasteiger partial charge in [-0.1, -0.05) is 18.2 Å². The Bertz CT molecular complexity index is 958. The molecule has 3 rings (SSSR count). The Labute approximate surface area is 151 Å². The van der Waals surface area contributed by atoms with Gasteiger partial charge in [0.1, 0.15) is 5.82 Å². The molecule has 0 bridgehead atoms. The number of aromatic nitrogens is 2. The smallest absolute Gasteiger partial charge is 0.338 e. The number of para-hydroxylation sites is 1. The Balaban J connectivity index is 1.74. The van der Waals surface area contributed by atoms with Crippen LogP contribution in [0.1, 0.15) is 16.1 Å². The zero-order valence-corrected chi connectivity index (χ0v) is 13.6. The summed E-state index contributed by atoms with van der Waals surface area (Å²) in [6.45, 7) is 0. The third-order valence-corrected chi connectivity index (χ3v) is 3.47. The minimum atomic E-state index is -4.53. The lowest BCUT2D eigenvalue weighted by Gasteiger charge is -2.13. The van der Waals surface area contributed by atoms with Crippen molar-refractivity contribution in [2.75, 3.05) is 10.6 Å². The topological polar surface area (TPSA) is 66.9 Å². The van der Waals surface area contributed by atoms with Crippen molar-refractivity contribution < 1.29 is 22.4 Å². The second kappa shape index (κ2) is 7.40. The molecule has 1 aromatic heterocycles. The van der Waals surface area contributed by atoms with Crippen LogP contribution in [-0.2, 0) is 6.18 Å². The molecule has 0 aliphatic heterocycles. The molecule has 5 nitrogen and oxygen atoms in total. The van der Waals surface area contributed by atoms with Crippen LogP contribution in [0, 0.1) is 5.82 Å². The van der Waals surface area contributed by atoms with E-state index in [4.69, 9.17) is 0 Å². The van der Waals surface area contributed by atoms with E-state index in [-0.39, 0.29) is 22.9 Å². The Morgan fingerprint density at radius 2 is 1.70 bits per heavy atom. The molecule has 0 radical (unpaired) electrons. The summed E-state index contributed by atoms with van der Waals surface area (Å²) >= 11 is 0. The molecule has 2 aromatic carbocycles. The molecule has 9 heteroatoms. The summed E-state index contributed by atoms with van der Waals surface area (Å²) in [5, 5.41) is 12.4. The summed E-state index contributed by atoms with van der Waals surface area (Å²) in [7, 11) is 0. The minimum Gasteiger partial charge on any atom is -0.338 e. The number of nitrogens with one attached hydrogen (secondary N) is 2. The maximum atomic E-state index is 13.1. The summed E-state index contributed by atoms with van der Waals surface area (Å²) in [6.07, 6.45) is -4.53. The van der Waals surface area contributed by atoms with Gasteiger partial charge in [-0.05, 0) is 42.5 Å². The first-order valence-electron chi connectivity index (χ1n) is 7.67. The standard InChI is InChI=1S/C18H12F4N4O/c19-11-4-3-5-12(10-11)23-17(27)15-8-9-16(26-25-15)24-14-7-2-1-6-13(14)18(20,21)22/h1-10H,(H,23,27)(H,24,26). The Morgan fingerprint density at radius 3 is 2.37 bits per heavy atom. The van der Waals surface area contributed by atoms with Gasteiger partial charge in [0, 0.05) is 5.69 Å². The third kappa shape index (κ3) is 4.57. The van der Waals surface area contributed by atoms with Crippen molar-refractivity contribution in [3.63, 3.8) is 0 Å². The molecule has 1 amide bonds. The molecule has 0 fully saturated rings. The van der Waals surface area contributed by atoms with Crippen molar-refractivity contribution in [3.05, 3.63) is 77.7 Å².